The number of carboxylic acids is 1. The van der Waals surface area contributed by atoms with Crippen LogP contribution in [0.2, 0.25) is 0 Å². The lowest BCUT2D eigenvalue weighted by Crippen LogP contribution is -2.29. The van der Waals surface area contributed by atoms with Gasteiger partial charge in [-0.25, -0.2) is 0 Å². The zero-order valence-corrected chi connectivity index (χ0v) is 14.8. The number of hydrogen-bond donors (Lipinski definition) is 1. The first kappa shape index (κ1) is 18.4. The van der Waals surface area contributed by atoms with Gasteiger partial charge < -0.3 is 5.11 Å². The minimum absolute atomic E-state index is 0.0686. The van der Waals surface area contributed by atoms with Crippen molar-refractivity contribution in [3.63, 3.8) is 0 Å². The van der Waals surface area contributed by atoms with Crippen molar-refractivity contribution in [2.45, 2.75) is 25.7 Å². The van der Waals surface area contributed by atoms with Gasteiger partial charge in [0.05, 0.1) is 4.91 Å². The Labute approximate surface area is 151 Å². The van der Waals surface area contributed by atoms with E-state index in [2.05, 4.69) is 0 Å². The lowest BCUT2D eigenvalue weighted by atomic mass is 10.2. The van der Waals surface area contributed by atoms with Crippen LogP contribution in [0.5, 0.6) is 0 Å². The first-order valence-corrected chi connectivity index (χ1v) is 8.99. The van der Waals surface area contributed by atoms with Crippen LogP contribution in [0.4, 0.5) is 0 Å². The Morgan fingerprint density at radius 3 is 2.67 bits per heavy atom. The average molecular weight is 361 g/mol. The first-order valence-electron chi connectivity index (χ1n) is 7.77. The maximum atomic E-state index is 12.4. The van der Waals surface area contributed by atoms with Crippen LogP contribution >= 0.6 is 24.0 Å². The van der Waals surface area contributed by atoms with Gasteiger partial charge in [0.2, 0.25) is 0 Å². The van der Waals surface area contributed by atoms with Crippen molar-refractivity contribution in [1.82, 2.24) is 4.90 Å². The summed E-state index contributed by atoms with van der Waals surface area (Å²) in [6.07, 6.45) is 7.91. The van der Waals surface area contributed by atoms with Gasteiger partial charge in [0.1, 0.15) is 4.32 Å². The number of hydrogen-bond acceptors (Lipinski definition) is 4. The molecule has 1 aliphatic heterocycles. The minimum atomic E-state index is -0.784. The monoisotopic (exact) mass is 361 g/mol. The zero-order chi connectivity index (χ0) is 17.4. The fourth-order valence-electron chi connectivity index (χ4n) is 2.24. The van der Waals surface area contributed by atoms with Crippen molar-refractivity contribution >= 4 is 46.3 Å². The van der Waals surface area contributed by atoms with Crippen molar-refractivity contribution in [3.05, 3.63) is 53.0 Å². The van der Waals surface area contributed by atoms with E-state index < -0.39 is 5.97 Å². The molecule has 6 heteroatoms. The summed E-state index contributed by atoms with van der Waals surface area (Å²) in [6.45, 7) is 0.546. The molecule has 0 bridgehead atoms. The van der Waals surface area contributed by atoms with Crippen molar-refractivity contribution in [1.29, 1.82) is 0 Å². The van der Waals surface area contributed by atoms with Gasteiger partial charge in [-0.15, -0.1) is 0 Å². The Bertz CT molecular complexity index is 668. The Kier molecular flexibility index (Phi) is 7.21. The van der Waals surface area contributed by atoms with Gasteiger partial charge >= 0.3 is 5.97 Å². The fraction of sp³-hybridized carbons (Fsp3) is 0.278. The number of thioether (sulfide) groups is 1. The number of carbonyl (C=O) groups excluding carboxylic acids is 1. The van der Waals surface area contributed by atoms with Crippen LogP contribution in [0, 0.1) is 0 Å². The van der Waals surface area contributed by atoms with E-state index in [0.717, 1.165) is 18.4 Å². The van der Waals surface area contributed by atoms with E-state index >= 15 is 0 Å². The summed E-state index contributed by atoms with van der Waals surface area (Å²) in [5, 5.41) is 8.61. The van der Waals surface area contributed by atoms with Gasteiger partial charge in [0.25, 0.3) is 5.91 Å². The van der Waals surface area contributed by atoms with Crippen molar-refractivity contribution < 1.29 is 14.7 Å². The first-order chi connectivity index (χ1) is 11.6. The third-order valence-electron chi connectivity index (χ3n) is 3.48. The number of thiocarbonyl (C=S) groups is 1. The van der Waals surface area contributed by atoms with E-state index in [1.54, 1.807) is 11.0 Å². The maximum Gasteiger partial charge on any atom is 0.303 e. The maximum absolute atomic E-state index is 12.4. The Morgan fingerprint density at radius 1 is 1.21 bits per heavy atom. The minimum Gasteiger partial charge on any atom is -0.481 e. The van der Waals surface area contributed by atoms with Crippen molar-refractivity contribution in [2.24, 2.45) is 0 Å². The molecule has 1 aromatic rings. The van der Waals surface area contributed by atoms with Crippen LogP contribution in [0.3, 0.4) is 0 Å². The molecule has 1 amide bonds. The van der Waals surface area contributed by atoms with Gasteiger partial charge in [-0.2, -0.15) is 0 Å². The van der Waals surface area contributed by atoms with E-state index in [1.165, 1.54) is 11.8 Å². The molecular formula is C18H19NO3S2. The molecule has 24 heavy (non-hydrogen) atoms. The fourth-order valence-corrected chi connectivity index (χ4v) is 3.50. The molecule has 0 unspecified atom stereocenters. The molecule has 4 nitrogen and oxygen atoms in total. The highest BCUT2D eigenvalue weighted by atomic mass is 32.2. The average Bonchev–Trinajstić information content (AvgIpc) is 2.82. The molecule has 0 aromatic heterocycles. The van der Waals surface area contributed by atoms with E-state index in [0.29, 0.717) is 22.2 Å². The molecule has 1 saturated heterocycles. The smallest absolute Gasteiger partial charge is 0.303 e. The summed E-state index contributed by atoms with van der Waals surface area (Å²) < 4.78 is 0.567. The van der Waals surface area contributed by atoms with E-state index in [1.807, 2.05) is 42.5 Å². The molecule has 0 atom stereocenters. The van der Waals surface area contributed by atoms with Gasteiger partial charge in [-0.3, -0.25) is 14.5 Å². The van der Waals surface area contributed by atoms with Crippen LogP contribution in [0.15, 0.2) is 47.4 Å². The highest BCUT2D eigenvalue weighted by Gasteiger charge is 2.30. The molecule has 1 N–H and O–H groups in total. The summed E-state index contributed by atoms with van der Waals surface area (Å²) in [7, 11) is 0. The Hall–Kier alpha value is -1.92. The second-order valence-electron chi connectivity index (χ2n) is 5.33. The molecule has 0 spiro atoms. The molecule has 0 saturated carbocycles. The van der Waals surface area contributed by atoms with E-state index in [-0.39, 0.29) is 12.3 Å². The molecule has 2 rings (SSSR count). The molecule has 1 aliphatic rings. The SMILES string of the molecule is O=C(O)CCCCCN1C(=O)C(=CC=Cc2ccccc2)SC1=S. The van der Waals surface area contributed by atoms with Crippen LogP contribution in [0.25, 0.3) is 6.08 Å². The predicted molar refractivity (Wildman–Crippen MR) is 102 cm³/mol. The van der Waals surface area contributed by atoms with Gasteiger partial charge in [0, 0.05) is 13.0 Å². The second-order valence-corrected chi connectivity index (χ2v) is 7.01. The molecule has 1 fully saturated rings. The molecule has 1 heterocycles. The third-order valence-corrected chi connectivity index (χ3v) is 4.88. The molecular weight excluding hydrogens is 342 g/mol. The summed E-state index contributed by atoms with van der Waals surface area (Å²) in [6, 6.07) is 9.87. The highest BCUT2D eigenvalue weighted by Crippen LogP contribution is 2.31. The standard InChI is InChI=1S/C18H19NO3S2/c20-16(21)12-5-2-6-13-19-17(22)15(24-18(19)23)11-7-10-14-8-3-1-4-9-14/h1,3-4,7-11H,2,5-6,12-13H2,(H,20,21). The van der Waals surface area contributed by atoms with Crippen LogP contribution in [-0.4, -0.2) is 32.7 Å². The number of amides is 1. The largest absolute Gasteiger partial charge is 0.481 e. The molecule has 1 aromatic carbocycles. The quantitative estimate of drug-likeness (QED) is 0.429. The van der Waals surface area contributed by atoms with Crippen LogP contribution in [0.1, 0.15) is 31.2 Å². The number of aliphatic carboxylic acids is 1. The van der Waals surface area contributed by atoms with Crippen LogP contribution in [-0.2, 0) is 9.59 Å². The Balaban J connectivity index is 1.85. The number of carbonyl (C=O) groups is 2. The summed E-state index contributed by atoms with van der Waals surface area (Å²) >= 11 is 6.58. The number of rotatable bonds is 8. The number of nitrogens with zero attached hydrogens (tertiary/aromatic N) is 1. The van der Waals surface area contributed by atoms with Crippen molar-refractivity contribution in [3.8, 4) is 0 Å². The number of allylic oxidation sites excluding steroid dienone is 2. The third kappa shape index (κ3) is 5.62. The van der Waals surface area contributed by atoms with Gasteiger partial charge in [-0.1, -0.05) is 72.9 Å². The van der Waals surface area contributed by atoms with Crippen LogP contribution < -0.4 is 0 Å². The van der Waals surface area contributed by atoms with Gasteiger partial charge in [0.15, 0.2) is 0 Å². The summed E-state index contributed by atoms with van der Waals surface area (Å²) in [5.41, 5.74) is 1.07. The summed E-state index contributed by atoms with van der Waals surface area (Å²) in [5.74, 6) is -0.852. The zero-order valence-electron chi connectivity index (χ0n) is 13.2. The highest BCUT2D eigenvalue weighted by molar-refractivity contribution is 8.26. The molecule has 0 radical (unpaired) electrons. The van der Waals surface area contributed by atoms with E-state index in [9.17, 15) is 9.59 Å². The second kappa shape index (κ2) is 9.39. The molecule has 126 valence electrons. The number of carboxylic acid groups (broad SMARTS) is 1. The summed E-state index contributed by atoms with van der Waals surface area (Å²) in [4.78, 5) is 25.0. The lowest BCUT2D eigenvalue weighted by molar-refractivity contribution is -0.137. The number of benzene rings is 1. The molecule has 0 aliphatic carbocycles. The van der Waals surface area contributed by atoms with E-state index in [4.69, 9.17) is 17.3 Å². The normalized spacial score (nSPS) is 16.5. The Morgan fingerprint density at radius 2 is 1.96 bits per heavy atom. The van der Waals surface area contributed by atoms with Crippen molar-refractivity contribution in [2.75, 3.05) is 6.54 Å². The predicted octanol–water partition coefficient (Wildman–Crippen LogP) is 4.09. The topological polar surface area (TPSA) is 57.6 Å². The number of unbranched alkanes of at least 4 members (excludes halogenated alkanes) is 2. The lowest BCUT2D eigenvalue weighted by Gasteiger charge is -2.13. The van der Waals surface area contributed by atoms with Gasteiger partial charge in [-0.05, 0) is 24.5 Å².